The van der Waals surface area contributed by atoms with Crippen LogP contribution in [0.25, 0.3) is 0 Å². The third-order valence-electron chi connectivity index (χ3n) is 4.75. The number of aryl methyl sites for hydroxylation is 1. The molecule has 0 radical (unpaired) electrons. The number of carbonyl (C=O) groups is 2. The Balaban J connectivity index is 1.79. The summed E-state index contributed by atoms with van der Waals surface area (Å²) in [5.74, 6) is 0.0131. The minimum atomic E-state index is -0.332. The van der Waals surface area contributed by atoms with Gasteiger partial charge in [-0.1, -0.05) is 18.2 Å². The monoisotopic (exact) mass is 366 g/mol. The zero-order chi connectivity index (χ0) is 19.4. The summed E-state index contributed by atoms with van der Waals surface area (Å²) in [5.41, 5.74) is 3.79. The first-order chi connectivity index (χ1) is 13.0. The first-order valence-corrected chi connectivity index (χ1v) is 9.20. The molecule has 6 nitrogen and oxygen atoms in total. The van der Waals surface area contributed by atoms with Crippen molar-refractivity contribution >= 4 is 29.0 Å². The molecule has 1 aliphatic heterocycles. The van der Waals surface area contributed by atoms with Crippen molar-refractivity contribution in [1.82, 2.24) is 4.90 Å². The maximum absolute atomic E-state index is 12.9. The van der Waals surface area contributed by atoms with Gasteiger partial charge in [0, 0.05) is 44.2 Å². The predicted octanol–water partition coefficient (Wildman–Crippen LogP) is 3.94. The van der Waals surface area contributed by atoms with E-state index in [1.165, 1.54) is 0 Å². The van der Waals surface area contributed by atoms with Crippen LogP contribution < -0.4 is 15.5 Å². The van der Waals surface area contributed by atoms with Gasteiger partial charge in [-0.05, 0) is 49.6 Å². The highest BCUT2D eigenvalue weighted by molar-refractivity contribution is 6.04. The van der Waals surface area contributed by atoms with Gasteiger partial charge in [-0.3, -0.25) is 4.79 Å². The number of rotatable bonds is 4. The van der Waals surface area contributed by atoms with Crippen molar-refractivity contribution in [2.75, 3.05) is 42.7 Å². The van der Waals surface area contributed by atoms with Crippen LogP contribution in [0.5, 0.6) is 0 Å². The zero-order valence-electron chi connectivity index (χ0n) is 16.1. The SMILES string of the molecule is Cc1ccccc1NC(=O)Nc1ccc(N(C)C)c(C(=O)N2CCCC2)c1. The van der Waals surface area contributed by atoms with E-state index in [0.717, 1.165) is 42.9 Å². The number of carbonyl (C=O) groups excluding carboxylic acids is 2. The summed E-state index contributed by atoms with van der Waals surface area (Å²) in [6.07, 6.45) is 2.08. The molecular weight excluding hydrogens is 340 g/mol. The van der Waals surface area contributed by atoms with E-state index in [1.807, 2.05) is 67.2 Å². The van der Waals surface area contributed by atoms with Crippen molar-refractivity contribution in [2.45, 2.75) is 19.8 Å². The van der Waals surface area contributed by atoms with Gasteiger partial charge in [0.1, 0.15) is 0 Å². The molecule has 0 unspecified atom stereocenters. The Bertz CT molecular complexity index is 842. The molecule has 0 aliphatic carbocycles. The van der Waals surface area contributed by atoms with Gasteiger partial charge < -0.3 is 20.4 Å². The van der Waals surface area contributed by atoms with Crippen LogP contribution in [0.2, 0.25) is 0 Å². The number of amides is 3. The lowest BCUT2D eigenvalue weighted by Gasteiger charge is -2.22. The van der Waals surface area contributed by atoms with Crippen molar-refractivity contribution in [2.24, 2.45) is 0 Å². The first kappa shape index (κ1) is 18.8. The Morgan fingerprint density at radius 3 is 2.37 bits per heavy atom. The van der Waals surface area contributed by atoms with E-state index in [2.05, 4.69) is 10.6 Å². The van der Waals surface area contributed by atoms with E-state index in [4.69, 9.17) is 0 Å². The van der Waals surface area contributed by atoms with Crippen LogP contribution in [0.4, 0.5) is 21.9 Å². The van der Waals surface area contributed by atoms with Gasteiger partial charge in [-0.25, -0.2) is 4.79 Å². The highest BCUT2D eigenvalue weighted by Gasteiger charge is 2.23. The van der Waals surface area contributed by atoms with Crippen molar-refractivity contribution in [3.8, 4) is 0 Å². The maximum atomic E-state index is 12.9. The van der Waals surface area contributed by atoms with Crippen LogP contribution in [0.15, 0.2) is 42.5 Å². The summed E-state index contributed by atoms with van der Waals surface area (Å²) < 4.78 is 0. The molecule has 2 N–H and O–H groups in total. The molecule has 2 aromatic rings. The standard InChI is InChI=1S/C21H26N4O2/c1-15-8-4-5-9-18(15)23-21(27)22-16-10-11-19(24(2)3)17(14-16)20(26)25-12-6-7-13-25/h4-5,8-11,14H,6-7,12-13H2,1-3H3,(H2,22,23,27). The molecule has 1 saturated heterocycles. The molecule has 6 heteroatoms. The number of benzene rings is 2. The molecular formula is C21H26N4O2. The van der Waals surface area contributed by atoms with Crippen molar-refractivity contribution in [1.29, 1.82) is 0 Å². The molecule has 27 heavy (non-hydrogen) atoms. The quantitative estimate of drug-likeness (QED) is 0.861. The number of anilines is 3. The van der Waals surface area contributed by atoms with Crippen LogP contribution in [-0.2, 0) is 0 Å². The Morgan fingerprint density at radius 1 is 1.00 bits per heavy atom. The molecule has 0 spiro atoms. The third kappa shape index (κ3) is 4.39. The largest absolute Gasteiger partial charge is 0.377 e. The highest BCUT2D eigenvalue weighted by atomic mass is 16.2. The Hall–Kier alpha value is -3.02. The summed E-state index contributed by atoms with van der Waals surface area (Å²) in [7, 11) is 3.82. The molecule has 1 aliphatic rings. The topological polar surface area (TPSA) is 64.7 Å². The minimum Gasteiger partial charge on any atom is -0.377 e. The summed E-state index contributed by atoms with van der Waals surface area (Å²) in [6, 6.07) is 12.7. The van der Waals surface area contributed by atoms with Gasteiger partial charge in [0.25, 0.3) is 5.91 Å². The van der Waals surface area contributed by atoms with Crippen molar-refractivity contribution in [3.63, 3.8) is 0 Å². The van der Waals surface area contributed by atoms with E-state index in [-0.39, 0.29) is 11.9 Å². The lowest BCUT2D eigenvalue weighted by Crippen LogP contribution is -2.29. The minimum absolute atomic E-state index is 0.0131. The summed E-state index contributed by atoms with van der Waals surface area (Å²) in [6.45, 7) is 3.52. The third-order valence-corrected chi connectivity index (χ3v) is 4.75. The van der Waals surface area contributed by atoms with Crippen molar-refractivity contribution in [3.05, 3.63) is 53.6 Å². The van der Waals surface area contributed by atoms with E-state index in [9.17, 15) is 9.59 Å². The fourth-order valence-electron chi connectivity index (χ4n) is 3.26. The van der Waals surface area contributed by atoms with Crippen LogP contribution in [0.1, 0.15) is 28.8 Å². The number of hydrogen-bond donors (Lipinski definition) is 2. The highest BCUT2D eigenvalue weighted by Crippen LogP contribution is 2.26. The Labute approximate surface area is 160 Å². The molecule has 0 bridgehead atoms. The van der Waals surface area contributed by atoms with Crippen LogP contribution in [0, 0.1) is 6.92 Å². The number of nitrogens with zero attached hydrogens (tertiary/aromatic N) is 2. The fourth-order valence-corrected chi connectivity index (χ4v) is 3.26. The van der Waals surface area contributed by atoms with Crippen molar-refractivity contribution < 1.29 is 9.59 Å². The maximum Gasteiger partial charge on any atom is 0.323 e. The number of likely N-dealkylation sites (tertiary alicyclic amines) is 1. The van der Waals surface area contributed by atoms with Gasteiger partial charge in [0.2, 0.25) is 0 Å². The second-order valence-corrected chi connectivity index (χ2v) is 7.02. The van der Waals surface area contributed by atoms with Gasteiger partial charge in [0.05, 0.1) is 5.56 Å². The number of para-hydroxylation sites is 1. The lowest BCUT2D eigenvalue weighted by molar-refractivity contribution is 0.0793. The van der Waals surface area contributed by atoms with E-state index < -0.39 is 0 Å². The first-order valence-electron chi connectivity index (χ1n) is 9.20. The van der Waals surface area contributed by atoms with Gasteiger partial charge in [-0.15, -0.1) is 0 Å². The van der Waals surface area contributed by atoms with E-state index in [1.54, 1.807) is 6.07 Å². The average Bonchev–Trinajstić information content (AvgIpc) is 3.17. The number of nitrogens with one attached hydrogen (secondary N) is 2. The molecule has 0 saturated carbocycles. The van der Waals surface area contributed by atoms with Crippen LogP contribution in [-0.4, -0.2) is 44.0 Å². The van der Waals surface area contributed by atoms with Crippen LogP contribution >= 0.6 is 0 Å². The summed E-state index contributed by atoms with van der Waals surface area (Å²) >= 11 is 0. The molecule has 3 rings (SSSR count). The summed E-state index contributed by atoms with van der Waals surface area (Å²) in [5, 5.41) is 5.67. The number of hydrogen-bond acceptors (Lipinski definition) is 3. The predicted molar refractivity (Wildman–Crippen MR) is 110 cm³/mol. The Morgan fingerprint density at radius 2 is 1.70 bits per heavy atom. The van der Waals surface area contributed by atoms with E-state index in [0.29, 0.717) is 11.3 Å². The van der Waals surface area contributed by atoms with Crippen LogP contribution in [0.3, 0.4) is 0 Å². The molecule has 1 fully saturated rings. The molecule has 0 aromatic heterocycles. The zero-order valence-corrected chi connectivity index (χ0v) is 16.1. The normalized spacial score (nSPS) is 13.4. The average molecular weight is 366 g/mol. The lowest BCUT2D eigenvalue weighted by atomic mass is 10.1. The fraction of sp³-hybridized carbons (Fsp3) is 0.333. The smallest absolute Gasteiger partial charge is 0.323 e. The molecule has 1 heterocycles. The Kier molecular flexibility index (Phi) is 5.64. The molecule has 3 amide bonds. The molecule has 0 atom stereocenters. The van der Waals surface area contributed by atoms with Gasteiger partial charge >= 0.3 is 6.03 Å². The second-order valence-electron chi connectivity index (χ2n) is 7.02. The number of urea groups is 1. The molecule has 2 aromatic carbocycles. The van der Waals surface area contributed by atoms with E-state index >= 15 is 0 Å². The van der Waals surface area contributed by atoms with Gasteiger partial charge in [0.15, 0.2) is 0 Å². The summed E-state index contributed by atoms with van der Waals surface area (Å²) in [4.78, 5) is 29.1. The molecule has 142 valence electrons. The second kappa shape index (κ2) is 8.12. The van der Waals surface area contributed by atoms with Gasteiger partial charge in [-0.2, -0.15) is 0 Å².